The van der Waals surface area contributed by atoms with Gasteiger partial charge in [0.15, 0.2) is 0 Å². The normalized spacial score (nSPS) is 21.9. The Morgan fingerprint density at radius 1 is 1.00 bits per heavy atom. The summed E-state index contributed by atoms with van der Waals surface area (Å²) in [5, 5.41) is 0. The van der Waals surface area contributed by atoms with Crippen molar-refractivity contribution >= 4 is 0 Å². The highest BCUT2D eigenvalue weighted by atomic mass is 19.4. The van der Waals surface area contributed by atoms with Gasteiger partial charge in [-0.2, -0.15) is 13.2 Å². The van der Waals surface area contributed by atoms with Crippen LogP contribution in [0.3, 0.4) is 0 Å². The smallest absolute Gasteiger partial charge is 0.375 e. The zero-order valence-corrected chi connectivity index (χ0v) is 9.45. The Kier molecular flexibility index (Phi) is 3.45. The molecule has 0 aromatic carbocycles. The average molecular weight is 233 g/mol. The molecule has 1 heterocycles. The summed E-state index contributed by atoms with van der Waals surface area (Å²) < 4.78 is 37.6. The van der Waals surface area contributed by atoms with Crippen LogP contribution < -0.4 is 0 Å². The molecule has 1 saturated heterocycles. The van der Waals surface area contributed by atoms with Gasteiger partial charge >= 0.3 is 6.18 Å². The van der Waals surface area contributed by atoms with Crippen LogP contribution in [0.15, 0.2) is 11.3 Å². The van der Waals surface area contributed by atoms with Crippen LogP contribution in [0.2, 0.25) is 0 Å². The lowest BCUT2D eigenvalue weighted by molar-refractivity contribution is -0.131. The SMILES string of the molecule is FC(F)(F)CC(=C1CCC1)N1CCCCC1. The van der Waals surface area contributed by atoms with Gasteiger partial charge in [-0.25, -0.2) is 0 Å². The lowest BCUT2D eigenvalue weighted by Gasteiger charge is -2.35. The number of hydrogen-bond acceptors (Lipinski definition) is 1. The van der Waals surface area contributed by atoms with Gasteiger partial charge in [-0.1, -0.05) is 5.57 Å². The van der Waals surface area contributed by atoms with E-state index in [1.54, 1.807) is 0 Å². The molecular formula is C12H18F3N. The summed E-state index contributed by atoms with van der Waals surface area (Å²) >= 11 is 0. The van der Waals surface area contributed by atoms with Crippen molar-refractivity contribution in [2.24, 2.45) is 0 Å². The second-order valence-electron chi connectivity index (χ2n) is 4.74. The fraction of sp³-hybridized carbons (Fsp3) is 0.833. The first-order valence-electron chi connectivity index (χ1n) is 6.09. The Bertz CT molecular complexity index is 268. The number of nitrogens with zero attached hydrogens (tertiary/aromatic N) is 1. The van der Waals surface area contributed by atoms with Crippen LogP contribution >= 0.6 is 0 Å². The second kappa shape index (κ2) is 4.68. The zero-order chi connectivity index (χ0) is 11.6. The van der Waals surface area contributed by atoms with Gasteiger partial charge in [0.25, 0.3) is 0 Å². The highest BCUT2D eigenvalue weighted by Gasteiger charge is 2.33. The molecule has 2 aliphatic rings. The summed E-state index contributed by atoms with van der Waals surface area (Å²) in [5.74, 6) is 0. The lowest BCUT2D eigenvalue weighted by atomic mass is 9.88. The van der Waals surface area contributed by atoms with E-state index < -0.39 is 12.6 Å². The Morgan fingerprint density at radius 3 is 2.06 bits per heavy atom. The van der Waals surface area contributed by atoms with Crippen LogP contribution in [-0.4, -0.2) is 24.2 Å². The van der Waals surface area contributed by atoms with Gasteiger partial charge in [0, 0.05) is 18.8 Å². The molecule has 16 heavy (non-hydrogen) atoms. The maximum atomic E-state index is 12.5. The van der Waals surface area contributed by atoms with Gasteiger partial charge in [-0.3, -0.25) is 0 Å². The standard InChI is InChI=1S/C12H18F3N/c13-12(14,15)9-11(10-5-4-6-10)16-7-2-1-3-8-16/h1-9H2. The van der Waals surface area contributed by atoms with Crippen LogP contribution in [0.1, 0.15) is 44.9 Å². The van der Waals surface area contributed by atoms with Crippen molar-refractivity contribution < 1.29 is 13.2 Å². The zero-order valence-electron chi connectivity index (χ0n) is 9.45. The van der Waals surface area contributed by atoms with Crippen molar-refractivity contribution in [1.82, 2.24) is 4.90 Å². The Morgan fingerprint density at radius 2 is 1.62 bits per heavy atom. The molecule has 0 aromatic heterocycles. The number of rotatable bonds is 2. The number of likely N-dealkylation sites (tertiary alicyclic amines) is 1. The average Bonchev–Trinajstić information content (AvgIpc) is 2.13. The Hall–Kier alpha value is -0.670. The van der Waals surface area contributed by atoms with E-state index in [1.807, 2.05) is 4.90 Å². The molecule has 0 radical (unpaired) electrons. The van der Waals surface area contributed by atoms with Crippen LogP contribution in [0, 0.1) is 0 Å². The lowest BCUT2D eigenvalue weighted by Crippen LogP contribution is -2.33. The number of piperidine rings is 1. The monoisotopic (exact) mass is 233 g/mol. The largest absolute Gasteiger partial charge is 0.394 e. The summed E-state index contributed by atoms with van der Waals surface area (Å²) in [4.78, 5) is 1.98. The van der Waals surface area contributed by atoms with Gasteiger partial charge in [-0.05, 0) is 38.5 Å². The first-order valence-corrected chi connectivity index (χ1v) is 6.09. The molecule has 1 saturated carbocycles. The van der Waals surface area contributed by atoms with Gasteiger partial charge in [-0.15, -0.1) is 0 Å². The predicted octanol–water partition coefficient (Wildman–Crippen LogP) is 3.86. The van der Waals surface area contributed by atoms with Gasteiger partial charge in [0.2, 0.25) is 0 Å². The summed E-state index contributed by atoms with van der Waals surface area (Å²) in [6.07, 6.45) is 1.26. The molecule has 92 valence electrons. The predicted molar refractivity (Wildman–Crippen MR) is 57.0 cm³/mol. The number of halogens is 3. The molecule has 0 aromatic rings. The minimum absolute atomic E-state index is 0.596. The van der Waals surface area contributed by atoms with E-state index in [0.717, 1.165) is 57.2 Å². The molecule has 0 spiro atoms. The molecule has 2 fully saturated rings. The molecule has 1 nitrogen and oxygen atoms in total. The third-order valence-corrected chi connectivity index (χ3v) is 3.47. The van der Waals surface area contributed by atoms with E-state index in [1.165, 1.54) is 0 Å². The van der Waals surface area contributed by atoms with Gasteiger partial charge < -0.3 is 4.90 Å². The molecule has 0 amide bonds. The second-order valence-corrected chi connectivity index (χ2v) is 4.74. The molecule has 4 heteroatoms. The fourth-order valence-corrected chi connectivity index (χ4v) is 2.46. The molecule has 0 atom stereocenters. The molecular weight excluding hydrogens is 215 g/mol. The maximum absolute atomic E-state index is 12.5. The first kappa shape index (κ1) is 11.8. The van der Waals surface area contributed by atoms with Crippen molar-refractivity contribution in [1.29, 1.82) is 0 Å². The molecule has 0 unspecified atom stereocenters. The Balaban J connectivity index is 2.08. The van der Waals surface area contributed by atoms with Crippen molar-refractivity contribution in [3.63, 3.8) is 0 Å². The third kappa shape index (κ3) is 2.92. The van der Waals surface area contributed by atoms with Crippen LogP contribution in [-0.2, 0) is 0 Å². The summed E-state index contributed by atoms with van der Waals surface area (Å²) in [5.41, 5.74) is 1.65. The summed E-state index contributed by atoms with van der Waals surface area (Å²) in [6.45, 7) is 1.63. The number of alkyl halides is 3. The highest BCUT2D eigenvalue weighted by molar-refractivity contribution is 5.20. The third-order valence-electron chi connectivity index (χ3n) is 3.47. The molecule has 0 N–H and O–H groups in total. The van der Waals surface area contributed by atoms with E-state index in [-0.39, 0.29) is 0 Å². The van der Waals surface area contributed by atoms with Crippen LogP contribution in [0.4, 0.5) is 13.2 Å². The molecule has 1 aliphatic heterocycles. The van der Waals surface area contributed by atoms with E-state index in [4.69, 9.17) is 0 Å². The minimum atomic E-state index is -4.06. The molecule has 1 aliphatic carbocycles. The topological polar surface area (TPSA) is 3.24 Å². The highest BCUT2D eigenvalue weighted by Crippen LogP contribution is 2.37. The summed E-state index contributed by atoms with van der Waals surface area (Å²) in [7, 11) is 0. The van der Waals surface area contributed by atoms with Gasteiger partial charge in [0.05, 0.1) is 6.42 Å². The van der Waals surface area contributed by atoms with E-state index >= 15 is 0 Å². The van der Waals surface area contributed by atoms with E-state index in [2.05, 4.69) is 0 Å². The van der Waals surface area contributed by atoms with E-state index in [9.17, 15) is 13.2 Å². The minimum Gasteiger partial charge on any atom is -0.375 e. The van der Waals surface area contributed by atoms with Crippen molar-refractivity contribution in [3.05, 3.63) is 11.3 Å². The first-order chi connectivity index (χ1) is 7.56. The quantitative estimate of drug-likeness (QED) is 0.700. The molecule has 2 rings (SSSR count). The Labute approximate surface area is 94.3 Å². The maximum Gasteiger partial charge on any atom is 0.394 e. The van der Waals surface area contributed by atoms with Crippen molar-refractivity contribution in [3.8, 4) is 0 Å². The van der Waals surface area contributed by atoms with Crippen LogP contribution in [0.25, 0.3) is 0 Å². The van der Waals surface area contributed by atoms with Crippen molar-refractivity contribution in [2.45, 2.75) is 51.1 Å². The number of hydrogen-bond donors (Lipinski definition) is 0. The van der Waals surface area contributed by atoms with Gasteiger partial charge in [0.1, 0.15) is 0 Å². The molecule has 0 bridgehead atoms. The summed E-state index contributed by atoms with van der Waals surface area (Å²) in [6, 6.07) is 0. The number of allylic oxidation sites excluding steroid dienone is 2. The fourth-order valence-electron chi connectivity index (χ4n) is 2.46. The van der Waals surface area contributed by atoms with Crippen molar-refractivity contribution in [2.75, 3.05) is 13.1 Å². The van der Waals surface area contributed by atoms with E-state index in [0.29, 0.717) is 5.70 Å². The van der Waals surface area contributed by atoms with Crippen LogP contribution in [0.5, 0.6) is 0 Å².